The van der Waals surface area contributed by atoms with Gasteiger partial charge in [-0.15, -0.1) is 0 Å². The molecule has 0 spiro atoms. The van der Waals surface area contributed by atoms with Crippen LogP contribution >= 0.6 is 27.5 Å². The van der Waals surface area contributed by atoms with Crippen LogP contribution in [0.2, 0.25) is 5.02 Å². The number of nitrogens with one attached hydrogen (secondary N) is 1. The lowest BCUT2D eigenvalue weighted by Gasteiger charge is -2.36. The highest BCUT2D eigenvalue weighted by atomic mass is 79.9. The number of piperidine rings is 1. The molecule has 3 rings (SSSR count). The minimum absolute atomic E-state index is 0.120. The van der Waals surface area contributed by atoms with Crippen LogP contribution in [0.5, 0.6) is 0 Å². The molecule has 0 saturated carbocycles. The summed E-state index contributed by atoms with van der Waals surface area (Å²) in [4.78, 5) is 14.7. The van der Waals surface area contributed by atoms with E-state index in [0.29, 0.717) is 22.5 Å². The van der Waals surface area contributed by atoms with Crippen molar-refractivity contribution in [3.8, 4) is 0 Å². The van der Waals surface area contributed by atoms with Crippen LogP contribution in [0.1, 0.15) is 36.0 Å². The van der Waals surface area contributed by atoms with E-state index in [0.717, 1.165) is 30.5 Å². The number of rotatable bonds is 2. The number of benzene rings is 1. The summed E-state index contributed by atoms with van der Waals surface area (Å²) in [6, 6.07) is 6.01. The van der Waals surface area contributed by atoms with Gasteiger partial charge in [0, 0.05) is 29.2 Å². The van der Waals surface area contributed by atoms with E-state index in [9.17, 15) is 4.79 Å². The maximum Gasteiger partial charge on any atom is 0.253 e. The fraction of sp³-hybridized carbons (Fsp3) is 0.562. The van der Waals surface area contributed by atoms with Crippen molar-refractivity contribution < 1.29 is 4.79 Å². The molecule has 0 aromatic heterocycles. The Kier molecular flexibility index (Phi) is 4.87. The van der Waals surface area contributed by atoms with Gasteiger partial charge in [-0.25, -0.2) is 0 Å². The molecule has 3 nitrogen and oxygen atoms in total. The van der Waals surface area contributed by atoms with Gasteiger partial charge < -0.3 is 10.2 Å². The minimum atomic E-state index is 0.120. The summed E-state index contributed by atoms with van der Waals surface area (Å²) >= 11 is 9.39. The van der Waals surface area contributed by atoms with Crippen molar-refractivity contribution in [1.29, 1.82) is 0 Å². The highest BCUT2D eigenvalue weighted by Crippen LogP contribution is 2.27. The molecule has 1 amide bonds. The first-order chi connectivity index (χ1) is 10.1. The van der Waals surface area contributed by atoms with Gasteiger partial charge in [-0.1, -0.05) is 11.6 Å². The van der Waals surface area contributed by atoms with Gasteiger partial charge in [-0.3, -0.25) is 4.79 Å². The van der Waals surface area contributed by atoms with Crippen molar-refractivity contribution in [2.24, 2.45) is 5.92 Å². The fourth-order valence-corrected chi connectivity index (χ4v) is 3.94. The normalized spacial score (nSPS) is 26.1. The van der Waals surface area contributed by atoms with E-state index in [4.69, 9.17) is 11.6 Å². The Balaban J connectivity index is 1.70. The van der Waals surface area contributed by atoms with E-state index in [1.807, 2.05) is 17.0 Å². The predicted molar refractivity (Wildman–Crippen MR) is 88.8 cm³/mol. The molecule has 114 valence electrons. The second kappa shape index (κ2) is 6.67. The van der Waals surface area contributed by atoms with Gasteiger partial charge in [0.15, 0.2) is 0 Å². The largest absolute Gasteiger partial charge is 0.338 e. The number of carbonyl (C=O) groups is 1. The van der Waals surface area contributed by atoms with Crippen molar-refractivity contribution in [3.63, 3.8) is 0 Å². The molecule has 1 aromatic rings. The molecule has 21 heavy (non-hydrogen) atoms. The maximum atomic E-state index is 12.7. The Bertz CT molecular complexity index is 531. The molecular formula is C16H20BrClN2O. The first-order valence-corrected chi connectivity index (χ1v) is 8.80. The Hall–Kier alpha value is -0.580. The van der Waals surface area contributed by atoms with Crippen LogP contribution in [0, 0.1) is 5.92 Å². The fourth-order valence-electron chi connectivity index (χ4n) is 3.45. The van der Waals surface area contributed by atoms with E-state index < -0.39 is 0 Å². The third-order valence-corrected chi connectivity index (χ3v) is 5.79. The Labute approximate surface area is 139 Å². The molecule has 2 unspecified atom stereocenters. The van der Waals surface area contributed by atoms with Crippen LogP contribution in [-0.4, -0.2) is 36.5 Å². The summed E-state index contributed by atoms with van der Waals surface area (Å²) in [6.45, 7) is 2.86. The standard InChI is InChI=1S/C16H20BrClN2O/c17-13-9-11(5-6-14(13)18)16(21)20-8-2-3-12(10-20)15-4-1-7-19-15/h5-6,9,12,15,19H,1-4,7-8,10H2. The summed E-state index contributed by atoms with van der Waals surface area (Å²) in [6.07, 6.45) is 4.84. The molecule has 5 heteroatoms. The van der Waals surface area contributed by atoms with Crippen LogP contribution in [-0.2, 0) is 0 Å². The van der Waals surface area contributed by atoms with Crippen LogP contribution in [0.15, 0.2) is 22.7 Å². The molecule has 0 radical (unpaired) electrons. The Morgan fingerprint density at radius 2 is 2.19 bits per heavy atom. The number of hydrogen-bond acceptors (Lipinski definition) is 2. The molecule has 1 N–H and O–H groups in total. The molecule has 2 aliphatic rings. The van der Waals surface area contributed by atoms with Crippen LogP contribution in [0.25, 0.3) is 0 Å². The molecule has 1 aromatic carbocycles. The number of carbonyl (C=O) groups excluding carboxylic acids is 1. The van der Waals surface area contributed by atoms with E-state index in [1.54, 1.807) is 6.07 Å². The summed E-state index contributed by atoms with van der Waals surface area (Å²) in [5.74, 6) is 0.719. The third-order valence-electron chi connectivity index (χ3n) is 4.58. The lowest BCUT2D eigenvalue weighted by molar-refractivity contribution is 0.0651. The zero-order valence-electron chi connectivity index (χ0n) is 11.9. The lowest BCUT2D eigenvalue weighted by atomic mass is 9.89. The molecule has 2 atom stereocenters. The first kappa shape index (κ1) is 15.3. The smallest absolute Gasteiger partial charge is 0.253 e. The molecule has 0 bridgehead atoms. The van der Waals surface area contributed by atoms with E-state index in [1.165, 1.54) is 19.3 Å². The molecule has 2 aliphatic heterocycles. The monoisotopic (exact) mass is 370 g/mol. The van der Waals surface area contributed by atoms with Crippen molar-refractivity contribution in [2.75, 3.05) is 19.6 Å². The molecule has 2 fully saturated rings. The van der Waals surface area contributed by atoms with E-state index >= 15 is 0 Å². The van der Waals surface area contributed by atoms with E-state index in [2.05, 4.69) is 21.2 Å². The van der Waals surface area contributed by atoms with Gasteiger partial charge >= 0.3 is 0 Å². The van der Waals surface area contributed by atoms with Crippen LogP contribution in [0.4, 0.5) is 0 Å². The van der Waals surface area contributed by atoms with Crippen LogP contribution < -0.4 is 5.32 Å². The maximum absolute atomic E-state index is 12.7. The average molecular weight is 372 g/mol. The van der Waals surface area contributed by atoms with Gasteiger partial charge in [-0.05, 0) is 72.3 Å². The van der Waals surface area contributed by atoms with E-state index in [-0.39, 0.29) is 5.91 Å². The quantitative estimate of drug-likeness (QED) is 0.859. The van der Waals surface area contributed by atoms with Crippen molar-refractivity contribution in [2.45, 2.75) is 31.7 Å². The van der Waals surface area contributed by atoms with Gasteiger partial charge in [0.1, 0.15) is 0 Å². The van der Waals surface area contributed by atoms with Crippen molar-refractivity contribution in [3.05, 3.63) is 33.3 Å². The third kappa shape index (κ3) is 3.43. The predicted octanol–water partition coefficient (Wildman–Crippen LogP) is 3.71. The molecule has 2 saturated heterocycles. The SMILES string of the molecule is O=C(c1ccc(Cl)c(Br)c1)N1CCCC(C2CCCN2)C1. The van der Waals surface area contributed by atoms with Gasteiger partial charge in [-0.2, -0.15) is 0 Å². The number of likely N-dealkylation sites (tertiary alicyclic amines) is 1. The average Bonchev–Trinajstić information content (AvgIpc) is 3.04. The highest BCUT2D eigenvalue weighted by molar-refractivity contribution is 9.10. The zero-order valence-corrected chi connectivity index (χ0v) is 14.3. The molecule has 2 heterocycles. The second-order valence-corrected chi connectivity index (χ2v) is 7.25. The second-order valence-electron chi connectivity index (χ2n) is 5.99. The lowest BCUT2D eigenvalue weighted by Crippen LogP contribution is -2.45. The van der Waals surface area contributed by atoms with Crippen molar-refractivity contribution in [1.82, 2.24) is 10.2 Å². The van der Waals surface area contributed by atoms with Gasteiger partial charge in [0.05, 0.1) is 5.02 Å². The summed E-state index contributed by atoms with van der Waals surface area (Å²) < 4.78 is 0.779. The van der Waals surface area contributed by atoms with Gasteiger partial charge in [0.25, 0.3) is 5.91 Å². The molecular weight excluding hydrogens is 352 g/mol. The zero-order chi connectivity index (χ0) is 14.8. The topological polar surface area (TPSA) is 32.3 Å². The van der Waals surface area contributed by atoms with Gasteiger partial charge in [0.2, 0.25) is 0 Å². The first-order valence-electron chi connectivity index (χ1n) is 7.63. The summed E-state index contributed by atoms with van der Waals surface area (Å²) in [5, 5.41) is 4.22. The highest BCUT2D eigenvalue weighted by Gasteiger charge is 2.31. The number of amides is 1. The number of hydrogen-bond donors (Lipinski definition) is 1. The molecule has 0 aliphatic carbocycles. The number of halogens is 2. The van der Waals surface area contributed by atoms with Crippen LogP contribution in [0.3, 0.4) is 0 Å². The van der Waals surface area contributed by atoms with Crippen molar-refractivity contribution >= 4 is 33.4 Å². The minimum Gasteiger partial charge on any atom is -0.338 e. The summed E-state index contributed by atoms with van der Waals surface area (Å²) in [7, 11) is 0. The number of nitrogens with zero attached hydrogens (tertiary/aromatic N) is 1. The summed E-state index contributed by atoms with van der Waals surface area (Å²) in [5.41, 5.74) is 0.714. The Morgan fingerprint density at radius 3 is 2.90 bits per heavy atom. The Morgan fingerprint density at radius 1 is 1.33 bits per heavy atom.